The van der Waals surface area contributed by atoms with Gasteiger partial charge in [0.2, 0.25) is 0 Å². The molecule has 1 aliphatic rings. The lowest BCUT2D eigenvalue weighted by molar-refractivity contribution is -0.145. The molecule has 23 heavy (non-hydrogen) atoms. The Kier molecular flexibility index (Phi) is 4.75. The predicted octanol–water partition coefficient (Wildman–Crippen LogP) is 3.00. The number of hydrogen-bond donors (Lipinski definition) is 1. The van der Waals surface area contributed by atoms with Gasteiger partial charge in [0.1, 0.15) is 9.88 Å². The molecule has 0 spiro atoms. The van der Waals surface area contributed by atoms with Gasteiger partial charge < -0.3 is 14.8 Å². The molecule has 6 heteroatoms. The van der Waals surface area contributed by atoms with Crippen LogP contribution in [0.3, 0.4) is 0 Å². The van der Waals surface area contributed by atoms with E-state index in [1.54, 1.807) is 0 Å². The lowest BCUT2D eigenvalue weighted by Gasteiger charge is -2.21. The summed E-state index contributed by atoms with van der Waals surface area (Å²) in [6.45, 7) is 5.49. The number of aromatic nitrogens is 1. The van der Waals surface area contributed by atoms with Crippen LogP contribution in [0.15, 0.2) is 30.3 Å². The van der Waals surface area contributed by atoms with Crippen LogP contribution >= 0.6 is 11.3 Å². The van der Waals surface area contributed by atoms with Gasteiger partial charge in [0.05, 0.1) is 18.9 Å². The van der Waals surface area contributed by atoms with Crippen LogP contribution < -0.4 is 5.32 Å². The molecule has 0 radical (unpaired) electrons. The summed E-state index contributed by atoms with van der Waals surface area (Å²) < 4.78 is 11.1. The molecule has 0 aliphatic carbocycles. The minimum absolute atomic E-state index is 0.0937. The zero-order valence-corrected chi connectivity index (χ0v) is 14.1. The maximum atomic E-state index is 12.4. The summed E-state index contributed by atoms with van der Waals surface area (Å²) in [5, 5.41) is 3.79. The number of aryl methyl sites for hydroxylation is 1. The Labute approximate surface area is 139 Å². The average molecular weight is 332 g/mol. The molecule has 2 aromatic rings. The van der Waals surface area contributed by atoms with E-state index in [0.29, 0.717) is 31.1 Å². The topological polar surface area (TPSA) is 60.5 Å². The summed E-state index contributed by atoms with van der Waals surface area (Å²) in [4.78, 5) is 17.5. The molecule has 1 aromatic heterocycles. The molecular formula is C17H20N2O3S. The fourth-order valence-corrected chi connectivity index (χ4v) is 3.48. The van der Waals surface area contributed by atoms with Crippen LogP contribution in [-0.4, -0.2) is 36.4 Å². The van der Waals surface area contributed by atoms with Crippen molar-refractivity contribution in [3.8, 4) is 10.6 Å². The zero-order chi connectivity index (χ0) is 16.3. The van der Waals surface area contributed by atoms with E-state index in [-0.39, 0.29) is 5.91 Å². The van der Waals surface area contributed by atoms with Gasteiger partial charge in [-0.15, -0.1) is 11.3 Å². The van der Waals surface area contributed by atoms with Gasteiger partial charge in [0, 0.05) is 18.5 Å². The molecule has 1 saturated heterocycles. The van der Waals surface area contributed by atoms with Crippen molar-refractivity contribution in [3.05, 3.63) is 40.9 Å². The number of carbonyl (C=O) groups is 1. The van der Waals surface area contributed by atoms with Crippen molar-refractivity contribution in [1.29, 1.82) is 0 Å². The molecule has 0 saturated carbocycles. The number of nitrogens with zero attached hydrogens (tertiary/aromatic N) is 1. The Bertz CT molecular complexity index is 678. The number of benzene rings is 1. The second-order valence-corrected chi connectivity index (χ2v) is 6.64. The number of carbonyl (C=O) groups excluding carboxylic acids is 1. The van der Waals surface area contributed by atoms with Gasteiger partial charge in [0.15, 0.2) is 5.79 Å². The second kappa shape index (κ2) is 6.78. The lowest BCUT2D eigenvalue weighted by Crippen LogP contribution is -2.33. The normalized spacial score (nSPS) is 16.4. The third-order valence-electron chi connectivity index (χ3n) is 3.79. The van der Waals surface area contributed by atoms with E-state index in [1.165, 1.54) is 11.3 Å². The largest absolute Gasteiger partial charge is 0.351 e. The van der Waals surface area contributed by atoms with Gasteiger partial charge in [-0.2, -0.15) is 0 Å². The van der Waals surface area contributed by atoms with Crippen LogP contribution in [0.4, 0.5) is 0 Å². The fourth-order valence-electron chi connectivity index (χ4n) is 2.50. The first kappa shape index (κ1) is 16.1. The van der Waals surface area contributed by atoms with Gasteiger partial charge in [-0.3, -0.25) is 4.79 Å². The van der Waals surface area contributed by atoms with Crippen LogP contribution in [0.25, 0.3) is 10.6 Å². The number of amides is 1. The van der Waals surface area contributed by atoms with Gasteiger partial charge in [0.25, 0.3) is 5.91 Å². The molecule has 1 fully saturated rings. The summed E-state index contributed by atoms with van der Waals surface area (Å²) in [6, 6.07) is 9.89. The van der Waals surface area contributed by atoms with Crippen LogP contribution in [0.1, 0.15) is 28.7 Å². The van der Waals surface area contributed by atoms with E-state index in [9.17, 15) is 4.79 Å². The highest BCUT2D eigenvalue weighted by molar-refractivity contribution is 7.17. The third-order valence-corrected chi connectivity index (χ3v) is 4.99. The van der Waals surface area contributed by atoms with E-state index in [4.69, 9.17) is 9.47 Å². The Morgan fingerprint density at radius 3 is 2.70 bits per heavy atom. The Morgan fingerprint density at radius 2 is 2.00 bits per heavy atom. The van der Waals surface area contributed by atoms with Gasteiger partial charge in [-0.05, 0) is 13.8 Å². The fraction of sp³-hybridized carbons (Fsp3) is 0.412. The Hall–Kier alpha value is -1.76. The minimum atomic E-state index is -0.578. The first-order valence-corrected chi connectivity index (χ1v) is 8.48. The Morgan fingerprint density at radius 1 is 1.30 bits per heavy atom. The molecule has 2 heterocycles. The summed E-state index contributed by atoms with van der Waals surface area (Å²) in [7, 11) is 0. The molecule has 0 atom stereocenters. The molecule has 0 unspecified atom stereocenters. The minimum Gasteiger partial charge on any atom is -0.351 e. The zero-order valence-electron chi connectivity index (χ0n) is 13.3. The van der Waals surface area contributed by atoms with E-state index in [0.717, 1.165) is 16.3 Å². The predicted molar refractivity (Wildman–Crippen MR) is 89.5 cm³/mol. The summed E-state index contributed by atoms with van der Waals surface area (Å²) >= 11 is 1.42. The summed E-state index contributed by atoms with van der Waals surface area (Å²) in [5.74, 6) is -0.672. The highest BCUT2D eigenvalue weighted by Crippen LogP contribution is 2.28. The first-order chi connectivity index (χ1) is 11.1. The molecular weight excluding hydrogens is 312 g/mol. The van der Waals surface area contributed by atoms with Gasteiger partial charge >= 0.3 is 0 Å². The highest BCUT2D eigenvalue weighted by Gasteiger charge is 2.30. The Balaban J connectivity index is 1.62. The highest BCUT2D eigenvalue weighted by atomic mass is 32.1. The summed E-state index contributed by atoms with van der Waals surface area (Å²) in [5.41, 5.74) is 1.78. The maximum Gasteiger partial charge on any atom is 0.263 e. The quantitative estimate of drug-likeness (QED) is 0.914. The van der Waals surface area contributed by atoms with E-state index in [2.05, 4.69) is 10.3 Å². The van der Waals surface area contributed by atoms with Crippen molar-refractivity contribution in [3.63, 3.8) is 0 Å². The number of nitrogens with one attached hydrogen (secondary N) is 1. The third kappa shape index (κ3) is 3.77. The van der Waals surface area contributed by atoms with Crippen LogP contribution in [0.5, 0.6) is 0 Å². The number of thiazole rings is 1. The molecule has 1 aromatic carbocycles. The van der Waals surface area contributed by atoms with E-state index >= 15 is 0 Å². The van der Waals surface area contributed by atoms with Crippen LogP contribution in [-0.2, 0) is 9.47 Å². The smallest absolute Gasteiger partial charge is 0.263 e. The SMILES string of the molecule is Cc1nc(-c2ccccc2)sc1C(=O)NCCC1(C)OCCO1. The van der Waals surface area contributed by atoms with Crippen LogP contribution in [0.2, 0.25) is 0 Å². The molecule has 3 rings (SSSR count). The van der Waals surface area contributed by atoms with Crippen molar-refractivity contribution in [2.24, 2.45) is 0 Å². The molecule has 1 amide bonds. The van der Waals surface area contributed by atoms with Crippen molar-refractivity contribution in [2.45, 2.75) is 26.1 Å². The summed E-state index contributed by atoms with van der Waals surface area (Å²) in [6.07, 6.45) is 0.627. The number of hydrogen-bond acceptors (Lipinski definition) is 5. The van der Waals surface area contributed by atoms with Crippen molar-refractivity contribution in [2.75, 3.05) is 19.8 Å². The molecule has 122 valence electrons. The second-order valence-electron chi connectivity index (χ2n) is 5.64. The molecule has 1 aliphatic heterocycles. The van der Waals surface area contributed by atoms with Gasteiger partial charge in [-0.25, -0.2) is 4.98 Å². The number of ether oxygens (including phenoxy) is 2. The first-order valence-electron chi connectivity index (χ1n) is 7.66. The average Bonchev–Trinajstić information content (AvgIpc) is 3.15. The van der Waals surface area contributed by atoms with Crippen molar-refractivity contribution >= 4 is 17.2 Å². The van der Waals surface area contributed by atoms with Crippen molar-refractivity contribution in [1.82, 2.24) is 10.3 Å². The van der Waals surface area contributed by atoms with Crippen molar-refractivity contribution < 1.29 is 14.3 Å². The van der Waals surface area contributed by atoms with Crippen LogP contribution in [0, 0.1) is 6.92 Å². The lowest BCUT2D eigenvalue weighted by atomic mass is 10.2. The van der Waals surface area contributed by atoms with E-state index < -0.39 is 5.79 Å². The molecule has 1 N–H and O–H groups in total. The van der Waals surface area contributed by atoms with Gasteiger partial charge in [-0.1, -0.05) is 30.3 Å². The molecule has 0 bridgehead atoms. The molecule has 5 nitrogen and oxygen atoms in total. The monoisotopic (exact) mass is 332 g/mol. The standard InChI is InChI=1S/C17H20N2O3S/c1-12-14(23-16(19-12)13-6-4-3-5-7-13)15(20)18-9-8-17(2)21-10-11-22-17/h3-7H,8-11H2,1-2H3,(H,18,20). The van der Waals surface area contributed by atoms with E-state index in [1.807, 2.05) is 44.2 Å². The maximum absolute atomic E-state index is 12.4. The number of rotatable bonds is 5.